The summed E-state index contributed by atoms with van der Waals surface area (Å²) < 4.78 is 0. The number of aromatic carboxylic acids is 1. The first kappa shape index (κ1) is 12.9. The third-order valence-electron chi connectivity index (χ3n) is 1.43. The van der Waals surface area contributed by atoms with E-state index in [4.69, 9.17) is 10.2 Å². The normalized spacial score (nSPS) is 8.86. The number of carboxylic acids is 1. The Balaban J connectivity index is 0.00000169. The number of hydrogen-bond acceptors (Lipinski definition) is 4. The van der Waals surface area contributed by atoms with E-state index >= 15 is 0 Å². The molecule has 0 unspecified atom stereocenters. The van der Waals surface area contributed by atoms with Crippen LogP contribution in [-0.2, 0) is 0 Å². The van der Waals surface area contributed by atoms with Crippen LogP contribution in [0.4, 0.5) is 5.69 Å². The molecule has 1 aromatic rings. The van der Waals surface area contributed by atoms with Gasteiger partial charge in [0.15, 0.2) is 5.75 Å². The van der Waals surface area contributed by atoms with E-state index in [9.17, 15) is 14.9 Å². The van der Waals surface area contributed by atoms with Gasteiger partial charge in [-0.2, -0.15) is 0 Å². The Morgan fingerprint density at radius 3 is 2.36 bits per heavy atom. The summed E-state index contributed by atoms with van der Waals surface area (Å²) in [6, 6.07) is 3.34. The maximum atomic E-state index is 10.5. The van der Waals surface area contributed by atoms with E-state index in [1.54, 1.807) is 0 Å². The number of hydrogen-bond donors (Lipinski definition) is 2. The summed E-state index contributed by atoms with van der Waals surface area (Å²) in [5.74, 6) is -2.09. The molecule has 0 radical (unpaired) electrons. The zero-order chi connectivity index (χ0) is 10.0. The molecular weight excluding hydrogens is 201 g/mol. The SMILES string of the molecule is O=C(O)c1cccc(O)c1[N+](=O)[O-].[NaH]. The van der Waals surface area contributed by atoms with Crippen molar-refractivity contribution in [3.63, 3.8) is 0 Å². The van der Waals surface area contributed by atoms with Crippen molar-refractivity contribution in [1.82, 2.24) is 0 Å². The Kier molecular flexibility index (Phi) is 4.55. The summed E-state index contributed by atoms with van der Waals surface area (Å²) in [5.41, 5.74) is -1.31. The van der Waals surface area contributed by atoms with Gasteiger partial charge in [-0.3, -0.25) is 10.1 Å². The molecule has 0 atom stereocenters. The average Bonchev–Trinajstić information content (AvgIpc) is 2.02. The summed E-state index contributed by atoms with van der Waals surface area (Å²) in [7, 11) is 0. The molecule has 14 heavy (non-hydrogen) atoms. The fourth-order valence-corrected chi connectivity index (χ4v) is 0.896. The van der Waals surface area contributed by atoms with Crippen LogP contribution in [0.15, 0.2) is 18.2 Å². The average molecular weight is 207 g/mol. The van der Waals surface area contributed by atoms with Crippen LogP contribution in [0.2, 0.25) is 0 Å². The van der Waals surface area contributed by atoms with Crippen LogP contribution in [0.3, 0.4) is 0 Å². The monoisotopic (exact) mass is 207 g/mol. The van der Waals surface area contributed by atoms with Crippen LogP contribution in [0, 0.1) is 10.1 Å². The zero-order valence-corrected chi connectivity index (χ0v) is 6.30. The molecule has 0 amide bonds. The molecule has 70 valence electrons. The van der Waals surface area contributed by atoms with Crippen molar-refractivity contribution >= 4 is 41.2 Å². The van der Waals surface area contributed by atoms with Gasteiger partial charge in [-0.1, -0.05) is 6.07 Å². The van der Waals surface area contributed by atoms with Crippen molar-refractivity contribution in [3.05, 3.63) is 33.9 Å². The van der Waals surface area contributed by atoms with Crippen LogP contribution >= 0.6 is 0 Å². The molecule has 6 nitrogen and oxygen atoms in total. The number of rotatable bonds is 2. The number of nitro benzene ring substituents is 1. The van der Waals surface area contributed by atoms with Gasteiger partial charge in [0.1, 0.15) is 5.56 Å². The number of carbonyl (C=O) groups is 1. The van der Waals surface area contributed by atoms with Gasteiger partial charge < -0.3 is 10.2 Å². The molecule has 1 aromatic carbocycles. The van der Waals surface area contributed by atoms with Gasteiger partial charge in [-0.25, -0.2) is 4.79 Å². The number of phenols is 1. The minimum absolute atomic E-state index is 0. The first-order valence-corrected chi connectivity index (χ1v) is 3.23. The van der Waals surface area contributed by atoms with Gasteiger partial charge in [0, 0.05) is 0 Å². The Morgan fingerprint density at radius 1 is 1.43 bits per heavy atom. The Bertz CT molecular complexity index is 378. The first-order chi connectivity index (χ1) is 6.04. The second-order valence-electron chi connectivity index (χ2n) is 2.24. The number of benzene rings is 1. The van der Waals surface area contributed by atoms with E-state index in [1.807, 2.05) is 0 Å². The molecule has 1 rings (SSSR count). The second kappa shape index (κ2) is 4.94. The van der Waals surface area contributed by atoms with Gasteiger partial charge in [0.25, 0.3) is 0 Å². The van der Waals surface area contributed by atoms with E-state index in [1.165, 1.54) is 6.07 Å². The van der Waals surface area contributed by atoms with E-state index in [-0.39, 0.29) is 29.6 Å². The van der Waals surface area contributed by atoms with E-state index < -0.39 is 27.9 Å². The molecule has 0 aliphatic heterocycles. The number of para-hydroxylation sites is 1. The number of aromatic hydroxyl groups is 1. The quantitative estimate of drug-likeness (QED) is 0.414. The van der Waals surface area contributed by atoms with Crippen molar-refractivity contribution in [2.45, 2.75) is 0 Å². The van der Waals surface area contributed by atoms with Crippen molar-refractivity contribution < 1.29 is 19.9 Å². The zero-order valence-electron chi connectivity index (χ0n) is 6.30. The maximum absolute atomic E-state index is 10.5. The van der Waals surface area contributed by atoms with Crippen LogP contribution in [0.5, 0.6) is 5.75 Å². The molecule has 0 heterocycles. The standard InChI is InChI=1S/C7H5NO5.Na.H/c9-5-3-1-2-4(7(10)11)6(5)8(12)13;;/h1-3,9H,(H,10,11);;. The second-order valence-corrected chi connectivity index (χ2v) is 2.24. The fraction of sp³-hybridized carbons (Fsp3) is 0. The van der Waals surface area contributed by atoms with Gasteiger partial charge in [-0.15, -0.1) is 0 Å². The topological polar surface area (TPSA) is 101 Å². The summed E-state index contributed by atoms with van der Waals surface area (Å²) in [6.07, 6.45) is 0. The van der Waals surface area contributed by atoms with Gasteiger partial charge in [0.05, 0.1) is 4.92 Å². The molecule has 0 spiro atoms. The number of nitro groups is 1. The van der Waals surface area contributed by atoms with Gasteiger partial charge in [0.2, 0.25) is 0 Å². The number of carboxylic acid groups (broad SMARTS) is 1. The van der Waals surface area contributed by atoms with Gasteiger partial charge in [-0.05, 0) is 12.1 Å². The van der Waals surface area contributed by atoms with Crippen LogP contribution < -0.4 is 0 Å². The van der Waals surface area contributed by atoms with E-state index in [2.05, 4.69) is 0 Å². The molecule has 7 heteroatoms. The molecule has 2 N–H and O–H groups in total. The molecule has 0 aliphatic carbocycles. The van der Waals surface area contributed by atoms with E-state index in [0.717, 1.165) is 12.1 Å². The van der Waals surface area contributed by atoms with Crippen molar-refractivity contribution in [2.24, 2.45) is 0 Å². The minimum atomic E-state index is -1.44. The molecule has 0 bridgehead atoms. The van der Waals surface area contributed by atoms with Crippen LogP contribution in [0.25, 0.3) is 0 Å². The first-order valence-electron chi connectivity index (χ1n) is 3.23. The summed E-state index contributed by atoms with van der Waals surface area (Å²) >= 11 is 0. The molecule has 0 saturated heterocycles. The van der Waals surface area contributed by atoms with Crippen molar-refractivity contribution in [1.29, 1.82) is 0 Å². The third kappa shape index (κ3) is 2.44. The Morgan fingerprint density at radius 2 is 2.00 bits per heavy atom. The Hall–Kier alpha value is -1.11. The summed E-state index contributed by atoms with van der Waals surface area (Å²) in [6.45, 7) is 0. The van der Waals surface area contributed by atoms with Crippen LogP contribution in [-0.4, -0.2) is 50.7 Å². The van der Waals surface area contributed by atoms with Crippen molar-refractivity contribution in [3.8, 4) is 5.75 Å². The third-order valence-corrected chi connectivity index (χ3v) is 1.43. The Labute approximate surface area is 101 Å². The molecular formula is C7H6NNaO5. The molecule has 0 saturated carbocycles. The van der Waals surface area contributed by atoms with Crippen molar-refractivity contribution in [2.75, 3.05) is 0 Å². The van der Waals surface area contributed by atoms with Crippen LogP contribution in [0.1, 0.15) is 10.4 Å². The number of nitrogens with zero attached hydrogens (tertiary/aromatic N) is 1. The molecule has 0 aliphatic rings. The predicted molar refractivity (Wildman–Crippen MR) is 48.9 cm³/mol. The van der Waals surface area contributed by atoms with Gasteiger partial charge >= 0.3 is 41.2 Å². The summed E-state index contributed by atoms with van der Waals surface area (Å²) in [5, 5.41) is 27.9. The number of phenolic OH excluding ortho intramolecular Hbond substituents is 1. The molecule has 0 fully saturated rings. The summed E-state index contributed by atoms with van der Waals surface area (Å²) in [4.78, 5) is 19.9. The van der Waals surface area contributed by atoms with E-state index in [0.29, 0.717) is 0 Å². The fourth-order valence-electron chi connectivity index (χ4n) is 0.896. The molecule has 0 aromatic heterocycles. The predicted octanol–water partition coefficient (Wildman–Crippen LogP) is 0.350.